The van der Waals surface area contributed by atoms with Crippen molar-refractivity contribution >= 4 is 5.91 Å². The van der Waals surface area contributed by atoms with Gasteiger partial charge in [0.25, 0.3) is 0 Å². The van der Waals surface area contributed by atoms with Crippen molar-refractivity contribution in [3.63, 3.8) is 0 Å². The zero-order valence-electron chi connectivity index (χ0n) is 12.6. The molecular weight excluding hydrogens is 262 g/mol. The molecule has 4 nitrogen and oxygen atoms in total. The van der Waals surface area contributed by atoms with E-state index < -0.39 is 0 Å². The molecule has 21 heavy (non-hydrogen) atoms. The number of nitriles is 1. The largest absolute Gasteiger partial charge is 0.325 e. The van der Waals surface area contributed by atoms with Gasteiger partial charge in [-0.1, -0.05) is 0 Å². The monoisotopic (exact) mass is 287 g/mol. The molecule has 1 atom stereocenters. The first-order chi connectivity index (χ1) is 10.1. The molecule has 5 rings (SSSR count). The van der Waals surface area contributed by atoms with Gasteiger partial charge in [0.05, 0.1) is 12.1 Å². The summed E-state index contributed by atoms with van der Waals surface area (Å²) >= 11 is 0. The lowest BCUT2D eigenvalue weighted by Crippen LogP contribution is -2.60. The summed E-state index contributed by atoms with van der Waals surface area (Å²) in [6.07, 6.45) is 9.63. The van der Waals surface area contributed by atoms with E-state index in [4.69, 9.17) is 11.0 Å². The van der Waals surface area contributed by atoms with Crippen molar-refractivity contribution in [3.05, 3.63) is 0 Å². The minimum Gasteiger partial charge on any atom is -0.325 e. The predicted molar refractivity (Wildman–Crippen MR) is 78.9 cm³/mol. The average Bonchev–Trinajstić information content (AvgIpc) is 3.26. The SMILES string of the molecule is N#CCN(C(=O)[C@@H](N)C12CC3CC(CC(C3)C1)C2)C1CC1. The number of nitrogens with zero attached hydrogens (tertiary/aromatic N) is 2. The lowest BCUT2D eigenvalue weighted by molar-refractivity contribution is -0.143. The Kier molecular flexibility index (Phi) is 3.04. The van der Waals surface area contributed by atoms with E-state index in [2.05, 4.69) is 6.07 Å². The lowest BCUT2D eigenvalue weighted by atomic mass is 9.47. The topological polar surface area (TPSA) is 70.1 Å². The van der Waals surface area contributed by atoms with Gasteiger partial charge in [0, 0.05) is 6.04 Å². The van der Waals surface area contributed by atoms with Crippen molar-refractivity contribution in [3.8, 4) is 6.07 Å². The summed E-state index contributed by atoms with van der Waals surface area (Å²) in [6, 6.07) is 2.06. The Morgan fingerprint density at radius 1 is 1.19 bits per heavy atom. The Bertz CT molecular complexity index is 455. The van der Waals surface area contributed by atoms with Crippen LogP contribution in [0.15, 0.2) is 0 Å². The maximum absolute atomic E-state index is 12.9. The zero-order chi connectivity index (χ0) is 14.6. The van der Waals surface area contributed by atoms with Crippen LogP contribution in [0.4, 0.5) is 0 Å². The fourth-order valence-electron chi connectivity index (χ4n) is 5.85. The molecule has 1 amide bonds. The molecule has 5 aliphatic rings. The van der Waals surface area contributed by atoms with Gasteiger partial charge in [-0.3, -0.25) is 4.79 Å². The molecule has 0 aliphatic heterocycles. The van der Waals surface area contributed by atoms with Crippen LogP contribution in [-0.2, 0) is 4.79 Å². The molecule has 5 saturated carbocycles. The second-order valence-electron chi connectivity index (χ2n) is 8.11. The van der Waals surface area contributed by atoms with Crippen LogP contribution >= 0.6 is 0 Å². The first kappa shape index (κ1) is 13.6. The van der Waals surface area contributed by atoms with E-state index in [1.807, 2.05) is 0 Å². The van der Waals surface area contributed by atoms with E-state index in [1.165, 1.54) is 19.3 Å². The van der Waals surface area contributed by atoms with Crippen molar-refractivity contribution < 1.29 is 4.79 Å². The van der Waals surface area contributed by atoms with Gasteiger partial charge < -0.3 is 10.6 Å². The molecule has 0 aromatic rings. The van der Waals surface area contributed by atoms with E-state index in [0.29, 0.717) is 0 Å². The van der Waals surface area contributed by atoms with Crippen molar-refractivity contribution in [2.24, 2.45) is 28.9 Å². The Balaban J connectivity index is 1.55. The molecule has 2 N–H and O–H groups in total. The van der Waals surface area contributed by atoms with Crippen LogP contribution in [0.3, 0.4) is 0 Å². The van der Waals surface area contributed by atoms with E-state index in [-0.39, 0.29) is 30.0 Å². The molecule has 114 valence electrons. The van der Waals surface area contributed by atoms with Gasteiger partial charge in [-0.05, 0) is 74.5 Å². The number of rotatable bonds is 4. The summed E-state index contributed by atoms with van der Waals surface area (Å²) in [5, 5.41) is 8.99. The number of hydrogen-bond donors (Lipinski definition) is 1. The van der Waals surface area contributed by atoms with Gasteiger partial charge >= 0.3 is 0 Å². The summed E-state index contributed by atoms with van der Waals surface area (Å²) in [6.45, 7) is 0.212. The van der Waals surface area contributed by atoms with E-state index in [9.17, 15) is 4.79 Å². The third kappa shape index (κ3) is 2.17. The smallest absolute Gasteiger partial charge is 0.241 e. The normalized spacial score (nSPS) is 41.6. The molecular formula is C17H25N3O. The highest BCUT2D eigenvalue weighted by Crippen LogP contribution is 2.61. The Labute approximate surface area is 126 Å². The summed E-state index contributed by atoms with van der Waals surface area (Å²) in [4.78, 5) is 14.6. The third-order valence-corrected chi connectivity index (χ3v) is 6.52. The highest BCUT2D eigenvalue weighted by atomic mass is 16.2. The Morgan fingerprint density at radius 3 is 2.14 bits per heavy atom. The highest BCUT2D eigenvalue weighted by molar-refractivity contribution is 5.83. The van der Waals surface area contributed by atoms with Gasteiger partial charge in [-0.25, -0.2) is 0 Å². The molecule has 0 aromatic heterocycles. The third-order valence-electron chi connectivity index (χ3n) is 6.52. The highest BCUT2D eigenvalue weighted by Gasteiger charge is 2.55. The molecule has 5 aliphatic carbocycles. The first-order valence-corrected chi connectivity index (χ1v) is 8.54. The number of amides is 1. The summed E-state index contributed by atoms with van der Waals surface area (Å²) in [5.41, 5.74) is 6.56. The number of carbonyl (C=O) groups is 1. The molecule has 0 spiro atoms. The van der Waals surface area contributed by atoms with Gasteiger partial charge in [0.2, 0.25) is 5.91 Å². The average molecular weight is 287 g/mol. The van der Waals surface area contributed by atoms with E-state index in [0.717, 1.165) is 49.9 Å². The predicted octanol–water partition coefficient (Wildman–Crippen LogP) is 2.04. The van der Waals surface area contributed by atoms with Gasteiger partial charge in [-0.2, -0.15) is 5.26 Å². The van der Waals surface area contributed by atoms with Crippen molar-refractivity contribution in [2.45, 2.75) is 63.5 Å². The fraction of sp³-hybridized carbons (Fsp3) is 0.882. The molecule has 4 heteroatoms. The van der Waals surface area contributed by atoms with Crippen molar-refractivity contribution in [1.29, 1.82) is 5.26 Å². The minimum absolute atomic E-state index is 0.0500. The quantitative estimate of drug-likeness (QED) is 0.804. The number of nitrogens with two attached hydrogens (primary N) is 1. The van der Waals surface area contributed by atoms with Crippen LogP contribution in [0, 0.1) is 34.5 Å². The van der Waals surface area contributed by atoms with E-state index >= 15 is 0 Å². The maximum atomic E-state index is 12.9. The van der Waals surface area contributed by atoms with Crippen LogP contribution in [0.1, 0.15) is 51.4 Å². The second-order valence-corrected chi connectivity index (χ2v) is 8.11. The minimum atomic E-state index is -0.375. The van der Waals surface area contributed by atoms with E-state index in [1.54, 1.807) is 4.90 Å². The number of carbonyl (C=O) groups excluding carboxylic acids is 1. The second kappa shape index (κ2) is 4.71. The first-order valence-electron chi connectivity index (χ1n) is 8.54. The van der Waals surface area contributed by atoms with Gasteiger partial charge in [-0.15, -0.1) is 0 Å². The summed E-state index contributed by atoms with van der Waals surface area (Å²) < 4.78 is 0. The van der Waals surface area contributed by atoms with Crippen molar-refractivity contribution in [2.75, 3.05) is 6.54 Å². The van der Waals surface area contributed by atoms with Crippen molar-refractivity contribution in [1.82, 2.24) is 4.90 Å². The molecule has 0 aromatic carbocycles. The maximum Gasteiger partial charge on any atom is 0.241 e. The molecule has 0 saturated heterocycles. The van der Waals surface area contributed by atoms with Gasteiger partial charge in [0.1, 0.15) is 6.54 Å². The molecule has 0 heterocycles. The summed E-state index contributed by atoms with van der Waals surface area (Å²) in [7, 11) is 0. The summed E-state index contributed by atoms with van der Waals surface area (Å²) in [5.74, 6) is 2.47. The zero-order valence-corrected chi connectivity index (χ0v) is 12.6. The molecule has 0 radical (unpaired) electrons. The fourth-order valence-corrected chi connectivity index (χ4v) is 5.85. The van der Waals surface area contributed by atoms with Crippen LogP contribution in [0.25, 0.3) is 0 Å². The molecule has 0 unspecified atom stereocenters. The standard InChI is InChI=1S/C17H25N3O/c18-3-4-20(14-1-2-14)16(21)15(19)17-8-11-5-12(9-17)7-13(6-11)10-17/h11-15H,1-2,4-10,19H2/t11?,12?,13?,15-,17?/m1/s1. The van der Waals surface area contributed by atoms with Crippen LogP contribution in [0.5, 0.6) is 0 Å². The van der Waals surface area contributed by atoms with Crippen LogP contribution in [-0.4, -0.2) is 29.4 Å². The van der Waals surface area contributed by atoms with Crippen LogP contribution < -0.4 is 5.73 Å². The molecule has 5 fully saturated rings. The van der Waals surface area contributed by atoms with Crippen LogP contribution in [0.2, 0.25) is 0 Å². The lowest BCUT2D eigenvalue weighted by Gasteiger charge is -2.58. The van der Waals surface area contributed by atoms with Gasteiger partial charge in [0.15, 0.2) is 0 Å². The number of hydrogen-bond acceptors (Lipinski definition) is 3. The Morgan fingerprint density at radius 2 is 1.71 bits per heavy atom. The Hall–Kier alpha value is -1.08. The molecule has 4 bridgehead atoms.